The minimum absolute atomic E-state index is 0.103. The summed E-state index contributed by atoms with van der Waals surface area (Å²) in [6, 6.07) is 8.29. The van der Waals surface area contributed by atoms with Gasteiger partial charge in [-0.15, -0.1) is 11.8 Å². The summed E-state index contributed by atoms with van der Waals surface area (Å²) in [5, 5.41) is 3.46. The van der Waals surface area contributed by atoms with Gasteiger partial charge in [0.25, 0.3) is 0 Å². The molecule has 21 heavy (non-hydrogen) atoms. The number of hydrogen-bond donors (Lipinski definition) is 1. The number of thioether (sulfide) groups is 1. The van der Waals surface area contributed by atoms with Crippen molar-refractivity contribution in [3.05, 3.63) is 29.8 Å². The predicted molar refractivity (Wildman–Crippen MR) is 89.6 cm³/mol. The summed E-state index contributed by atoms with van der Waals surface area (Å²) >= 11 is 1.53. The molecule has 0 radical (unpaired) electrons. The minimum Gasteiger partial charge on any atom is -0.465 e. The van der Waals surface area contributed by atoms with Crippen molar-refractivity contribution < 1.29 is 9.53 Å². The van der Waals surface area contributed by atoms with Crippen molar-refractivity contribution in [2.45, 2.75) is 57.5 Å². The van der Waals surface area contributed by atoms with E-state index in [0.29, 0.717) is 12.4 Å². The van der Waals surface area contributed by atoms with Gasteiger partial charge in [-0.05, 0) is 44.9 Å². The summed E-state index contributed by atoms with van der Waals surface area (Å²) in [6.07, 6.45) is 1.98. The first-order valence-corrected chi connectivity index (χ1v) is 8.51. The number of ether oxygens (including phenoxy) is 1. The number of rotatable bonds is 8. The summed E-state index contributed by atoms with van der Waals surface area (Å²) < 4.78 is 5.15. The van der Waals surface area contributed by atoms with E-state index in [4.69, 9.17) is 4.74 Å². The van der Waals surface area contributed by atoms with Crippen molar-refractivity contribution in [1.82, 2.24) is 5.32 Å². The molecular formula is C17H27NO2S. The van der Waals surface area contributed by atoms with Crippen molar-refractivity contribution in [1.29, 1.82) is 0 Å². The Kier molecular flexibility index (Phi) is 7.83. The Bertz CT molecular complexity index is 441. The van der Waals surface area contributed by atoms with E-state index in [1.807, 2.05) is 12.1 Å². The Hall–Kier alpha value is -1.00. The number of carbonyl (C=O) groups is 1. The maximum Gasteiger partial charge on any atom is 0.316 e. The van der Waals surface area contributed by atoms with Gasteiger partial charge in [0.1, 0.15) is 0 Å². The van der Waals surface area contributed by atoms with Gasteiger partial charge in [-0.3, -0.25) is 4.79 Å². The highest BCUT2D eigenvalue weighted by Gasteiger charge is 2.09. The van der Waals surface area contributed by atoms with E-state index in [1.165, 1.54) is 17.3 Å². The Balaban J connectivity index is 2.40. The van der Waals surface area contributed by atoms with Crippen LogP contribution in [0.25, 0.3) is 0 Å². The van der Waals surface area contributed by atoms with Crippen molar-refractivity contribution in [3.8, 4) is 0 Å². The van der Waals surface area contributed by atoms with E-state index < -0.39 is 0 Å². The molecule has 0 saturated heterocycles. The lowest BCUT2D eigenvalue weighted by atomic mass is 10.1. The Morgan fingerprint density at radius 2 is 2.10 bits per heavy atom. The number of carbonyl (C=O) groups excluding carboxylic acids is 1. The standard InChI is InChI=1S/C17H27NO2S/c1-5-6-10-20-16(19)13-21-15-9-7-8-14(11-15)12-18-17(2,3)4/h7-9,11,18H,5-6,10,12-13H2,1-4H3. The van der Waals surface area contributed by atoms with Gasteiger partial charge >= 0.3 is 5.97 Å². The summed E-state index contributed by atoms with van der Waals surface area (Å²) in [5.74, 6) is 0.242. The SMILES string of the molecule is CCCCOC(=O)CSc1cccc(CNC(C)(C)C)c1. The predicted octanol–water partition coefficient (Wildman–Crippen LogP) is 4.01. The zero-order chi connectivity index (χ0) is 15.7. The largest absolute Gasteiger partial charge is 0.465 e. The number of hydrogen-bond acceptors (Lipinski definition) is 4. The summed E-state index contributed by atoms with van der Waals surface area (Å²) in [4.78, 5) is 12.7. The van der Waals surface area contributed by atoms with Gasteiger partial charge in [0.2, 0.25) is 0 Å². The lowest BCUT2D eigenvalue weighted by Crippen LogP contribution is -2.35. The van der Waals surface area contributed by atoms with E-state index in [1.54, 1.807) is 0 Å². The van der Waals surface area contributed by atoms with Gasteiger partial charge in [0, 0.05) is 17.0 Å². The van der Waals surface area contributed by atoms with E-state index in [9.17, 15) is 4.79 Å². The first-order chi connectivity index (χ1) is 9.90. The molecule has 0 atom stereocenters. The lowest BCUT2D eigenvalue weighted by Gasteiger charge is -2.20. The molecular weight excluding hydrogens is 282 g/mol. The van der Waals surface area contributed by atoms with E-state index in [-0.39, 0.29) is 11.5 Å². The molecule has 0 bridgehead atoms. The number of esters is 1. The van der Waals surface area contributed by atoms with Crippen LogP contribution in [0.2, 0.25) is 0 Å². The Morgan fingerprint density at radius 3 is 2.76 bits per heavy atom. The molecule has 0 unspecified atom stereocenters. The second-order valence-electron chi connectivity index (χ2n) is 6.11. The third-order valence-electron chi connectivity index (χ3n) is 2.84. The Morgan fingerprint density at radius 1 is 1.33 bits per heavy atom. The van der Waals surface area contributed by atoms with Crippen LogP contribution in [-0.2, 0) is 16.1 Å². The van der Waals surface area contributed by atoms with Crippen LogP contribution in [0.1, 0.15) is 46.1 Å². The molecule has 0 aliphatic carbocycles. The molecule has 118 valence electrons. The van der Waals surface area contributed by atoms with Crippen LogP contribution in [-0.4, -0.2) is 23.9 Å². The highest BCUT2D eigenvalue weighted by Crippen LogP contribution is 2.19. The third kappa shape index (κ3) is 8.79. The molecule has 4 heteroatoms. The third-order valence-corrected chi connectivity index (χ3v) is 3.81. The zero-order valence-electron chi connectivity index (χ0n) is 13.6. The van der Waals surface area contributed by atoms with Crippen molar-refractivity contribution in [2.24, 2.45) is 0 Å². The van der Waals surface area contributed by atoms with Crippen molar-refractivity contribution in [2.75, 3.05) is 12.4 Å². The normalized spacial score (nSPS) is 11.4. The molecule has 1 rings (SSSR count). The molecule has 0 amide bonds. The summed E-state index contributed by atoms with van der Waals surface area (Å²) in [6.45, 7) is 9.90. The van der Waals surface area contributed by atoms with Gasteiger partial charge < -0.3 is 10.1 Å². The van der Waals surface area contributed by atoms with Crippen molar-refractivity contribution >= 4 is 17.7 Å². The molecule has 0 saturated carbocycles. The number of nitrogens with one attached hydrogen (secondary N) is 1. The molecule has 1 aromatic rings. The average molecular weight is 309 g/mol. The van der Waals surface area contributed by atoms with Gasteiger partial charge in [-0.25, -0.2) is 0 Å². The first-order valence-electron chi connectivity index (χ1n) is 7.53. The first kappa shape index (κ1) is 18.1. The van der Waals surface area contributed by atoms with E-state index >= 15 is 0 Å². The summed E-state index contributed by atoms with van der Waals surface area (Å²) in [5.41, 5.74) is 1.33. The monoisotopic (exact) mass is 309 g/mol. The highest BCUT2D eigenvalue weighted by atomic mass is 32.2. The fraction of sp³-hybridized carbons (Fsp3) is 0.588. The number of unbranched alkanes of at least 4 members (excludes halogenated alkanes) is 1. The summed E-state index contributed by atoms with van der Waals surface area (Å²) in [7, 11) is 0. The minimum atomic E-state index is -0.133. The maximum absolute atomic E-state index is 11.6. The second-order valence-corrected chi connectivity index (χ2v) is 7.16. The van der Waals surface area contributed by atoms with Crippen LogP contribution in [0.5, 0.6) is 0 Å². The molecule has 0 aliphatic rings. The smallest absolute Gasteiger partial charge is 0.316 e. The van der Waals surface area contributed by atoms with Gasteiger partial charge in [-0.2, -0.15) is 0 Å². The lowest BCUT2D eigenvalue weighted by molar-refractivity contribution is -0.140. The molecule has 0 aliphatic heterocycles. The van der Waals surface area contributed by atoms with Crippen LogP contribution >= 0.6 is 11.8 Å². The molecule has 1 N–H and O–H groups in total. The van der Waals surface area contributed by atoms with E-state index in [0.717, 1.165) is 24.3 Å². The maximum atomic E-state index is 11.6. The van der Waals surface area contributed by atoms with Crippen LogP contribution in [0.3, 0.4) is 0 Å². The number of benzene rings is 1. The highest BCUT2D eigenvalue weighted by molar-refractivity contribution is 8.00. The van der Waals surface area contributed by atoms with Crippen LogP contribution in [0.4, 0.5) is 0 Å². The van der Waals surface area contributed by atoms with E-state index in [2.05, 4.69) is 45.1 Å². The van der Waals surface area contributed by atoms with Crippen LogP contribution in [0, 0.1) is 0 Å². The molecule has 0 fully saturated rings. The average Bonchev–Trinajstić information content (AvgIpc) is 2.43. The quantitative estimate of drug-likeness (QED) is 0.447. The molecule has 3 nitrogen and oxygen atoms in total. The molecule has 0 spiro atoms. The van der Waals surface area contributed by atoms with Crippen molar-refractivity contribution in [3.63, 3.8) is 0 Å². The molecule has 0 heterocycles. The van der Waals surface area contributed by atoms with Crippen LogP contribution < -0.4 is 5.32 Å². The van der Waals surface area contributed by atoms with Crippen LogP contribution in [0.15, 0.2) is 29.2 Å². The molecule has 0 aromatic heterocycles. The fourth-order valence-electron chi connectivity index (χ4n) is 1.63. The Labute approximate surface area is 132 Å². The molecule has 1 aromatic carbocycles. The fourth-order valence-corrected chi connectivity index (χ4v) is 2.40. The van der Waals surface area contributed by atoms with Gasteiger partial charge in [0.15, 0.2) is 0 Å². The topological polar surface area (TPSA) is 38.3 Å². The second kappa shape index (κ2) is 9.11. The van der Waals surface area contributed by atoms with Gasteiger partial charge in [0.05, 0.1) is 12.4 Å². The zero-order valence-corrected chi connectivity index (χ0v) is 14.4. The van der Waals surface area contributed by atoms with Gasteiger partial charge in [-0.1, -0.05) is 25.5 Å².